The molecule has 2 aromatic heterocycles. The van der Waals surface area contributed by atoms with E-state index in [0.29, 0.717) is 5.75 Å². The third-order valence-electron chi connectivity index (χ3n) is 5.71. The lowest BCUT2D eigenvalue weighted by atomic mass is 10.1. The van der Waals surface area contributed by atoms with E-state index < -0.39 is 0 Å². The lowest BCUT2D eigenvalue weighted by Crippen LogP contribution is -2.30. The molecule has 0 bridgehead atoms. The molecule has 1 fully saturated rings. The van der Waals surface area contributed by atoms with Crippen LogP contribution >= 0.6 is 11.8 Å². The van der Waals surface area contributed by atoms with Gasteiger partial charge < -0.3 is 0 Å². The zero-order valence-corrected chi connectivity index (χ0v) is 18.6. The van der Waals surface area contributed by atoms with Crippen LogP contribution in [-0.2, 0) is 12.3 Å². The summed E-state index contributed by atoms with van der Waals surface area (Å²) in [7, 11) is 0. The first-order valence-electron chi connectivity index (χ1n) is 10.8. The molecule has 2 aromatic carbocycles. The molecule has 1 saturated heterocycles. The van der Waals surface area contributed by atoms with Gasteiger partial charge in [0.15, 0.2) is 11.0 Å². The second-order valence-corrected chi connectivity index (χ2v) is 8.88. The molecular weight excluding hydrogens is 404 g/mol. The van der Waals surface area contributed by atoms with Crippen molar-refractivity contribution in [2.24, 2.45) is 0 Å². The third-order valence-corrected chi connectivity index (χ3v) is 6.65. The molecule has 0 saturated carbocycles. The molecule has 0 N–H and O–H groups in total. The van der Waals surface area contributed by atoms with Gasteiger partial charge in [-0.05, 0) is 57.1 Å². The van der Waals surface area contributed by atoms with Crippen molar-refractivity contribution in [2.45, 2.75) is 43.6 Å². The molecule has 3 heterocycles. The summed E-state index contributed by atoms with van der Waals surface area (Å²) in [6, 6.07) is 18.4. The van der Waals surface area contributed by atoms with Gasteiger partial charge in [-0.3, -0.25) is 9.47 Å². The summed E-state index contributed by atoms with van der Waals surface area (Å²) >= 11 is 1.67. The van der Waals surface area contributed by atoms with E-state index in [1.807, 2.05) is 37.3 Å². The quantitative estimate of drug-likeness (QED) is 0.410. The van der Waals surface area contributed by atoms with Crippen molar-refractivity contribution < 1.29 is 0 Å². The van der Waals surface area contributed by atoms with Crippen LogP contribution in [0.3, 0.4) is 0 Å². The second-order valence-electron chi connectivity index (χ2n) is 7.94. The Bertz CT molecular complexity index is 1170. The molecule has 0 radical (unpaired) electrons. The molecule has 0 spiro atoms. The highest BCUT2D eigenvalue weighted by Gasteiger charge is 2.19. The number of likely N-dealkylation sites (tertiary alicyclic amines) is 1. The fourth-order valence-electron chi connectivity index (χ4n) is 4.04. The molecule has 0 unspecified atom stereocenters. The van der Waals surface area contributed by atoms with E-state index in [1.54, 1.807) is 11.8 Å². The average Bonchev–Trinajstić information content (AvgIpc) is 3.21. The predicted molar refractivity (Wildman–Crippen MR) is 124 cm³/mol. The summed E-state index contributed by atoms with van der Waals surface area (Å²) < 4.78 is 2.20. The fraction of sp³-hybridized carbons (Fsp3) is 0.333. The zero-order valence-electron chi connectivity index (χ0n) is 17.7. The van der Waals surface area contributed by atoms with Crippen molar-refractivity contribution in [3.05, 3.63) is 71.8 Å². The van der Waals surface area contributed by atoms with Crippen LogP contribution in [0, 0.1) is 6.92 Å². The molecule has 4 aromatic rings. The topological polar surface area (TPSA) is 59.7 Å². The van der Waals surface area contributed by atoms with Gasteiger partial charge in [-0.2, -0.15) is 0 Å². The number of hydrogen-bond donors (Lipinski definition) is 0. The van der Waals surface area contributed by atoms with E-state index in [4.69, 9.17) is 9.97 Å². The Hall–Kier alpha value is -2.77. The first-order chi connectivity index (χ1) is 15.3. The molecule has 5 rings (SSSR count). The Kier molecular flexibility index (Phi) is 5.95. The van der Waals surface area contributed by atoms with Gasteiger partial charge in [-0.15, -0.1) is 10.2 Å². The Balaban J connectivity index is 1.43. The predicted octanol–water partition coefficient (Wildman–Crippen LogP) is 4.80. The van der Waals surface area contributed by atoms with Crippen LogP contribution in [0.25, 0.3) is 16.7 Å². The Labute approximate surface area is 186 Å². The number of para-hydroxylation sites is 3. The molecule has 0 amide bonds. The smallest absolute Gasteiger partial charge is 0.196 e. The number of aryl methyl sites for hydroxylation is 1. The van der Waals surface area contributed by atoms with Gasteiger partial charge >= 0.3 is 0 Å². The summed E-state index contributed by atoms with van der Waals surface area (Å²) in [6.45, 7) is 5.13. The Morgan fingerprint density at radius 3 is 2.32 bits per heavy atom. The highest BCUT2D eigenvalue weighted by Crippen LogP contribution is 2.27. The monoisotopic (exact) mass is 430 g/mol. The van der Waals surface area contributed by atoms with Gasteiger partial charge in [0.2, 0.25) is 0 Å². The van der Waals surface area contributed by atoms with E-state index in [9.17, 15) is 0 Å². The number of hydrogen-bond acceptors (Lipinski definition) is 6. The first-order valence-corrected chi connectivity index (χ1v) is 11.8. The van der Waals surface area contributed by atoms with Crippen LogP contribution in [0.2, 0.25) is 0 Å². The maximum absolute atomic E-state index is 4.84. The summed E-state index contributed by atoms with van der Waals surface area (Å²) in [5, 5.41) is 10.0. The van der Waals surface area contributed by atoms with Crippen LogP contribution in [0.15, 0.2) is 59.8 Å². The standard InChI is InChI=1S/C24H26N6S/c1-18-22(26-21-13-7-6-12-20(21)25-18)17-31-24-28-27-23(16-29-14-8-3-9-15-29)30(24)19-10-4-2-5-11-19/h2,4-7,10-13H,3,8-9,14-17H2,1H3. The van der Waals surface area contributed by atoms with Crippen LogP contribution in [0.5, 0.6) is 0 Å². The van der Waals surface area contributed by atoms with Gasteiger partial charge in [0.05, 0.1) is 29.0 Å². The highest BCUT2D eigenvalue weighted by atomic mass is 32.2. The van der Waals surface area contributed by atoms with Crippen molar-refractivity contribution >= 4 is 22.8 Å². The second kappa shape index (κ2) is 9.16. The normalized spacial score (nSPS) is 14.9. The van der Waals surface area contributed by atoms with Crippen molar-refractivity contribution in [1.29, 1.82) is 0 Å². The minimum Gasteiger partial charge on any atom is -0.296 e. The largest absolute Gasteiger partial charge is 0.296 e. The van der Waals surface area contributed by atoms with E-state index in [1.165, 1.54) is 19.3 Å². The van der Waals surface area contributed by atoms with E-state index in [-0.39, 0.29) is 0 Å². The lowest BCUT2D eigenvalue weighted by molar-refractivity contribution is 0.214. The number of rotatable bonds is 6. The minimum absolute atomic E-state index is 0.707. The summed E-state index contributed by atoms with van der Waals surface area (Å²) in [5.74, 6) is 1.70. The number of nitrogens with zero attached hydrogens (tertiary/aromatic N) is 6. The fourth-order valence-corrected chi connectivity index (χ4v) is 5.02. The molecule has 0 atom stereocenters. The molecule has 7 heteroatoms. The minimum atomic E-state index is 0.707. The third kappa shape index (κ3) is 4.48. The zero-order chi connectivity index (χ0) is 21.0. The molecule has 31 heavy (non-hydrogen) atoms. The summed E-state index contributed by atoms with van der Waals surface area (Å²) in [5.41, 5.74) is 4.92. The van der Waals surface area contributed by atoms with Crippen molar-refractivity contribution in [3.8, 4) is 5.69 Å². The van der Waals surface area contributed by atoms with E-state index >= 15 is 0 Å². The SMILES string of the molecule is Cc1nc2ccccc2nc1CSc1nnc(CN2CCCCC2)n1-c1ccccc1. The average molecular weight is 431 g/mol. The number of benzene rings is 2. The number of aromatic nitrogens is 5. The van der Waals surface area contributed by atoms with Crippen LogP contribution in [-0.4, -0.2) is 42.7 Å². The molecular formula is C24H26N6S. The maximum atomic E-state index is 4.84. The van der Waals surface area contributed by atoms with Crippen molar-refractivity contribution in [1.82, 2.24) is 29.6 Å². The maximum Gasteiger partial charge on any atom is 0.196 e. The van der Waals surface area contributed by atoms with Crippen molar-refractivity contribution in [3.63, 3.8) is 0 Å². The molecule has 1 aliphatic rings. The van der Waals surface area contributed by atoms with Gasteiger partial charge in [0, 0.05) is 11.4 Å². The number of fused-ring (bicyclic) bond motifs is 1. The first kappa shape index (κ1) is 20.2. The van der Waals surface area contributed by atoms with Crippen molar-refractivity contribution in [2.75, 3.05) is 13.1 Å². The Morgan fingerprint density at radius 2 is 1.55 bits per heavy atom. The van der Waals surface area contributed by atoms with Gasteiger partial charge in [0.25, 0.3) is 0 Å². The molecule has 6 nitrogen and oxygen atoms in total. The van der Waals surface area contributed by atoms with E-state index in [2.05, 4.69) is 43.9 Å². The van der Waals surface area contributed by atoms with Crippen LogP contribution < -0.4 is 0 Å². The summed E-state index contributed by atoms with van der Waals surface area (Å²) in [6.07, 6.45) is 3.86. The Morgan fingerprint density at radius 1 is 0.839 bits per heavy atom. The van der Waals surface area contributed by atoms with Crippen LogP contribution in [0.1, 0.15) is 36.5 Å². The van der Waals surface area contributed by atoms with Gasteiger partial charge in [-0.25, -0.2) is 9.97 Å². The lowest BCUT2D eigenvalue weighted by Gasteiger charge is -2.26. The molecule has 1 aliphatic heterocycles. The van der Waals surface area contributed by atoms with E-state index in [0.717, 1.165) is 58.7 Å². The van der Waals surface area contributed by atoms with Crippen LogP contribution in [0.4, 0.5) is 0 Å². The summed E-state index contributed by atoms with van der Waals surface area (Å²) in [4.78, 5) is 12.1. The molecule has 0 aliphatic carbocycles. The van der Waals surface area contributed by atoms with Gasteiger partial charge in [0.1, 0.15) is 0 Å². The molecule has 158 valence electrons. The number of piperidine rings is 1. The number of thioether (sulfide) groups is 1. The van der Waals surface area contributed by atoms with Gasteiger partial charge in [-0.1, -0.05) is 48.5 Å². The highest BCUT2D eigenvalue weighted by molar-refractivity contribution is 7.98.